The van der Waals surface area contributed by atoms with Crippen LogP contribution in [0.15, 0.2) is 59.7 Å². The molecule has 3 aromatic carbocycles. The second kappa shape index (κ2) is 8.13. The third kappa shape index (κ3) is 4.49. The van der Waals surface area contributed by atoms with Crippen molar-refractivity contribution in [2.45, 2.75) is 6.42 Å². The fraction of sp³-hybridized carbons (Fsp3) is 0.0526. The van der Waals surface area contributed by atoms with Gasteiger partial charge in [0.15, 0.2) is 0 Å². The lowest BCUT2D eigenvalue weighted by Gasteiger charge is -2.06. The van der Waals surface area contributed by atoms with Gasteiger partial charge in [0.25, 0.3) is 0 Å². The van der Waals surface area contributed by atoms with Gasteiger partial charge in [0, 0.05) is 9.13 Å². The first-order chi connectivity index (χ1) is 12.0. The normalized spacial score (nSPS) is 11.1. The molecule has 0 saturated heterocycles. The fourth-order valence-corrected chi connectivity index (χ4v) is 4.41. The summed E-state index contributed by atoms with van der Waals surface area (Å²) in [4.78, 5) is 12.2. The molecule has 25 heavy (non-hydrogen) atoms. The summed E-state index contributed by atoms with van der Waals surface area (Å²) in [6.45, 7) is 0. The minimum atomic E-state index is -0.201. The molecule has 0 aliphatic heterocycles. The number of nitrogens with one attached hydrogen (secondary N) is 1. The topological polar surface area (TPSA) is 61.7 Å². The summed E-state index contributed by atoms with van der Waals surface area (Å²) in [6.07, 6.45) is 1.70. The molecule has 0 spiro atoms. The van der Waals surface area contributed by atoms with E-state index in [1.807, 2.05) is 48.5 Å². The lowest BCUT2D eigenvalue weighted by atomic mass is 10.0. The van der Waals surface area contributed by atoms with Crippen molar-refractivity contribution in [2.75, 3.05) is 0 Å². The van der Waals surface area contributed by atoms with E-state index in [4.69, 9.17) is 0 Å². The highest BCUT2D eigenvalue weighted by Crippen LogP contribution is 2.25. The van der Waals surface area contributed by atoms with Crippen molar-refractivity contribution in [3.63, 3.8) is 0 Å². The third-order valence-corrected chi connectivity index (χ3v) is 5.13. The minimum absolute atomic E-state index is 0.160. The van der Waals surface area contributed by atoms with Gasteiger partial charge in [-0.1, -0.05) is 42.5 Å². The Kier molecular flexibility index (Phi) is 5.89. The number of amides is 1. The van der Waals surface area contributed by atoms with Gasteiger partial charge in [-0.15, -0.1) is 0 Å². The van der Waals surface area contributed by atoms with Gasteiger partial charge < -0.3 is 5.11 Å². The van der Waals surface area contributed by atoms with Gasteiger partial charge in [-0.25, -0.2) is 5.43 Å². The standard InChI is InChI=1S/C19H14I2N2O2/c20-15-8-14(19(25)17(21)10-15)11-22-23-18(24)9-13-6-3-5-12-4-1-2-7-16(12)13/h1-8,10-11,25H,9H2,(H,23,24)/b22-11-. The number of carbonyl (C=O) groups excluding carboxylic acids is 1. The maximum Gasteiger partial charge on any atom is 0.244 e. The molecule has 0 aromatic heterocycles. The molecule has 0 saturated carbocycles. The zero-order chi connectivity index (χ0) is 17.8. The third-order valence-electron chi connectivity index (χ3n) is 3.68. The number of aromatic hydroxyl groups is 1. The molecule has 0 unspecified atom stereocenters. The highest BCUT2D eigenvalue weighted by atomic mass is 127. The van der Waals surface area contributed by atoms with Gasteiger partial charge in [0.2, 0.25) is 5.91 Å². The number of nitrogens with zero attached hydrogens (tertiary/aromatic N) is 1. The van der Waals surface area contributed by atoms with E-state index in [1.165, 1.54) is 6.21 Å². The Morgan fingerprint density at radius 3 is 2.72 bits per heavy atom. The van der Waals surface area contributed by atoms with Gasteiger partial charge in [-0.05, 0) is 73.7 Å². The van der Waals surface area contributed by atoms with E-state index in [-0.39, 0.29) is 18.1 Å². The van der Waals surface area contributed by atoms with Crippen LogP contribution in [0.3, 0.4) is 0 Å². The first-order valence-electron chi connectivity index (χ1n) is 7.51. The molecule has 4 nitrogen and oxygen atoms in total. The Morgan fingerprint density at radius 1 is 1.12 bits per heavy atom. The summed E-state index contributed by atoms with van der Waals surface area (Å²) in [7, 11) is 0. The van der Waals surface area contributed by atoms with Crippen LogP contribution in [0.2, 0.25) is 0 Å². The number of carbonyl (C=O) groups is 1. The zero-order valence-electron chi connectivity index (χ0n) is 13.0. The van der Waals surface area contributed by atoms with Crippen molar-refractivity contribution >= 4 is 68.1 Å². The zero-order valence-corrected chi connectivity index (χ0v) is 17.4. The van der Waals surface area contributed by atoms with E-state index in [0.29, 0.717) is 5.56 Å². The summed E-state index contributed by atoms with van der Waals surface area (Å²) in [6, 6.07) is 17.6. The average molecular weight is 556 g/mol. The van der Waals surface area contributed by atoms with Crippen LogP contribution in [-0.4, -0.2) is 17.2 Å². The number of hydrogen-bond acceptors (Lipinski definition) is 3. The number of phenolic OH excluding ortho intramolecular Hbond substituents is 1. The van der Waals surface area contributed by atoms with Crippen LogP contribution in [0.1, 0.15) is 11.1 Å². The predicted molar refractivity (Wildman–Crippen MR) is 117 cm³/mol. The Morgan fingerprint density at radius 2 is 1.88 bits per heavy atom. The van der Waals surface area contributed by atoms with Crippen LogP contribution in [0.5, 0.6) is 5.75 Å². The van der Waals surface area contributed by atoms with Crippen molar-refractivity contribution in [3.05, 3.63) is 72.9 Å². The molecule has 126 valence electrons. The van der Waals surface area contributed by atoms with E-state index < -0.39 is 0 Å². The highest BCUT2D eigenvalue weighted by Gasteiger charge is 2.07. The Bertz CT molecular complexity index is 966. The molecule has 3 aromatic rings. The number of halogens is 2. The molecule has 2 N–H and O–H groups in total. The van der Waals surface area contributed by atoms with Crippen molar-refractivity contribution in [1.29, 1.82) is 0 Å². The summed E-state index contributed by atoms with van der Waals surface area (Å²) >= 11 is 4.23. The van der Waals surface area contributed by atoms with Gasteiger partial charge >= 0.3 is 0 Å². The Hall–Kier alpha value is -1.68. The molecule has 0 radical (unpaired) electrons. The monoisotopic (exact) mass is 556 g/mol. The Balaban J connectivity index is 1.71. The van der Waals surface area contributed by atoms with Crippen molar-refractivity contribution in [3.8, 4) is 5.75 Å². The molecule has 0 atom stereocenters. The lowest BCUT2D eigenvalue weighted by Crippen LogP contribution is -2.19. The van der Waals surface area contributed by atoms with Gasteiger partial charge in [0.05, 0.1) is 16.2 Å². The van der Waals surface area contributed by atoms with E-state index in [0.717, 1.165) is 23.5 Å². The lowest BCUT2D eigenvalue weighted by molar-refractivity contribution is -0.120. The summed E-state index contributed by atoms with van der Waals surface area (Å²) < 4.78 is 1.73. The van der Waals surface area contributed by atoms with E-state index in [2.05, 4.69) is 55.7 Å². The highest BCUT2D eigenvalue weighted by molar-refractivity contribution is 14.1. The average Bonchev–Trinajstić information content (AvgIpc) is 2.59. The first kappa shape index (κ1) is 18.1. The fourth-order valence-electron chi connectivity index (χ4n) is 2.52. The van der Waals surface area contributed by atoms with E-state index >= 15 is 0 Å². The maximum absolute atomic E-state index is 12.2. The van der Waals surface area contributed by atoms with Crippen molar-refractivity contribution in [2.24, 2.45) is 5.10 Å². The number of benzene rings is 3. The van der Waals surface area contributed by atoms with Gasteiger partial charge in [-0.2, -0.15) is 5.10 Å². The first-order valence-corrected chi connectivity index (χ1v) is 9.67. The largest absolute Gasteiger partial charge is 0.506 e. The molecular weight excluding hydrogens is 542 g/mol. The molecule has 0 aliphatic rings. The number of rotatable bonds is 4. The van der Waals surface area contributed by atoms with Crippen LogP contribution in [0.25, 0.3) is 10.8 Å². The Labute approximate surface area is 172 Å². The van der Waals surface area contributed by atoms with Crippen LogP contribution >= 0.6 is 45.2 Å². The SMILES string of the molecule is O=C(Cc1cccc2ccccc12)N/N=C\c1cc(I)cc(I)c1O. The van der Waals surface area contributed by atoms with Crippen LogP contribution < -0.4 is 5.43 Å². The van der Waals surface area contributed by atoms with Crippen LogP contribution in [0.4, 0.5) is 0 Å². The molecular formula is C19H14I2N2O2. The quantitative estimate of drug-likeness (QED) is 0.284. The summed E-state index contributed by atoms with van der Waals surface area (Å²) in [5, 5.41) is 16.2. The van der Waals surface area contributed by atoms with Crippen LogP contribution in [-0.2, 0) is 11.2 Å². The summed E-state index contributed by atoms with van der Waals surface area (Å²) in [5.74, 6) is -0.0412. The molecule has 1 amide bonds. The predicted octanol–water partition coefficient (Wildman–Crippen LogP) is 4.45. The minimum Gasteiger partial charge on any atom is -0.506 e. The van der Waals surface area contributed by atoms with E-state index in [9.17, 15) is 9.90 Å². The number of hydrazone groups is 1. The van der Waals surface area contributed by atoms with Crippen molar-refractivity contribution in [1.82, 2.24) is 5.43 Å². The van der Waals surface area contributed by atoms with E-state index in [1.54, 1.807) is 6.07 Å². The van der Waals surface area contributed by atoms with Gasteiger partial charge in [-0.3, -0.25) is 4.79 Å². The smallest absolute Gasteiger partial charge is 0.244 e. The maximum atomic E-state index is 12.2. The molecule has 0 bridgehead atoms. The molecule has 0 fully saturated rings. The molecule has 6 heteroatoms. The number of phenols is 1. The molecule has 0 heterocycles. The van der Waals surface area contributed by atoms with Gasteiger partial charge in [0.1, 0.15) is 5.75 Å². The summed E-state index contributed by atoms with van der Waals surface area (Å²) in [5.41, 5.74) is 4.05. The second-order valence-electron chi connectivity index (χ2n) is 5.43. The van der Waals surface area contributed by atoms with Crippen LogP contribution in [0, 0.1) is 7.14 Å². The second-order valence-corrected chi connectivity index (χ2v) is 7.84. The molecule has 3 rings (SSSR count). The number of hydrogen-bond donors (Lipinski definition) is 2. The van der Waals surface area contributed by atoms with Crippen molar-refractivity contribution < 1.29 is 9.90 Å². The molecule has 0 aliphatic carbocycles. The number of fused-ring (bicyclic) bond motifs is 1.